The lowest BCUT2D eigenvalue weighted by molar-refractivity contribution is 0.0645. The fourth-order valence-corrected chi connectivity index (χ4v) is 3.70. The van der Waals surface area contributed by atoms with Gasteiger partial charge in [-0.3, -0.25) is 0 Å². The van der Waals surface area contributed by atoms with Crippen molar-refractivity contribution >= 4 is 17.4 Å². The third-order valence-electron chi connectivity index (χ3n) is 4.61. The van der Waals surface area contributed by atoms with Crippen LogP contribution in [0.5, 0.6) is 6.01 Å². The Labute approximate surface area is 134 Å². The molecule has 7 heteroatoms. The molecule has 22 heavy (non-hydrogen) atoms. The van der Waals surface area contributed by atoms with Crippen molar-refractivity contribution in [3.63, 3.8) is 0 Å². The molecule has 6 nitrogen and oxygen atoms in total. The second-order valence-electron chi connectivity index (χ2n) is 6.02. The van der Waals surface area contributed by atoms with Gasteiger partial charge in [-0.2, -0.15) is 9.97 Å². The molecule has 0 bridgehead atoms. The van der Waals surface area contributed by atoms with Crippen LogP contribution in [0.25, 0.3) is 0 Å². The Balaban J connectivity index is 1.48. The van der Waals surface area contributed by atoms with E-state index >= 15 is 0 Å². The lowest BCUT2D eigenvalue weighted by atomic mass is 10.1. The van der Waals surface area contributed by atoms with Crippen LogP contribution in [0, 0.1) is 0 Å². The molecule has 0 aliphatic carbocycles. The van der Waals surface area contributed by atoms with Gasteiger partial charge in [-0.25, -0.2) is 0 Å². The van der Waals surface area contributed by atoms with Crippen molar-refractivity contribution < 1.29 is 14.2 Å². The zero-order chi connectivity index (χ0) is 14.9. The first-order chi connectivity index (χ1) is 10.8. The quantitative estimate of drug-likeness (QED) is 0.790. The molecule has 4 rings (SSSR count). The molecule has 1 aromatic heterocycles. The number of nitrogens with zero attached hydrogens (tertiary/aromatic N) is 3. The van der Waals surface area contributed by atoms with E-state index in [0.29, 0.717) is 29.9 Å². The SMILES string of the molecule is Clc1cc(N2CC[C@H]3OCC[C@H]32)nc(OCC2CCCO2)n1. The highest BCUT2D eigenvalue weighted by Gasteiger charge is 2.39. The predicted octanol–water partition coefficient (Wildman–Crippen LogP) is 2.06. The van der Waals surface area contributed by atoms with Crippen LogP contribution in [0.3, 0.4) is 0 Å². The molecule has 0 aromatic carbocycles. The third-order valence-corrected chi connectivity index (χ3v) is 4.80. The van der Waals surface area contributed by atoms with E-state index in [1.54, 1.807) is 6.07 Å². The maximum Gasteiger partial charge on any atom is 0.319 e. The largest absolute Gasteiger partial charge is 0.461 e. The fourth-order valence-electron chi connectivity index (χ4n) is 3.53. The van der Waals surface area contributed by atoms with Gasteiger partial charge in [-0.05, 0) is 25.7 Å². The van der Waals surface area contributed by atoms with Gasteiger partial charge in [0.1, 0.15) is 17.6 Å². The topological polar surface area (TPSA) is 56.7 Å². The third kappa shape index (κ3) is 2.87. The molecular formula is C15H20ClN3O3. The average Bonchev–Trinajstić information content (AvgIpc) is 3.22. The summed E-state index contributed by atoms with van der Waals surface area (Å²) < 4.78 is 17.0. The van der Waals surface area contributed by atoms with Crippen molar-refractivity contribution in [3.05, 3.63) is 11.2 Å². The van der Waals surface area contributed by atoms with E-state index in [1.165, 1.54) is 0 Å². The fraction of sp³-hybridized carbons (Fsp3) is 0.733. The molecule has 3 saturated heterocycles. The minimum absolute atomic E-state index is 0.144. The van der Waals surface area contributed by atoms with Gasteiger partial charge in [0.05, 0.1) is 18.2 Å². The molecule has 0 saturated carbocycles. The van der Waals surface area contributed by atoms with Gasteiger partial charge >= 0.3 is 6.01 Å². The molecular weight excluding hydrogens is 306 g/mol. The molecule has 3 aliphatic rings. The van der Waals surface area contributed by atoms with Crippen molar-refractivity contribution in [2.45, 2.75) is 43.9 Å². The van der Waals surface area contributed by atoms with Crippen molar-refractivity contribution in [2.75, 3.05) is 31.3 Å². The Morgan fingerprint density at radius 2 is 2.18 bits per heavy atom. The monoisotopic (exact) mass is 325 g/mol. The van der Waals surface area contributed by atoms with Crippen LogP contribution in [0.15, 0.2) is 6.07 Å². The van der Waals surface area contributed by atoms with E-state index in [2.05, 4.69) is 14.9 Å². The van der Waals surface area contributed by atoms with Crippen molar-refractivity contribution in [1.82, 2.24) is 9.97 Å². The Morgan fingerprint density at radius 3 is 3.05 bits per heavy atom. The Bertz CT molecular complexity index is 539. The summed E-state index contributed by atoms with van der Waals surface area (Å²) in [5, 5.41) is 0.412. The van der Waals surface area contributed by atoms with Gasteiger partial charge in [0.15, 0.2) is 0 Å². The van der Waals surface area contributed by atoms with Crippen LogP contribution in [0.4, 0.5) is 5.82 Å². The standard InChI is InChI=1S/C15H20ClN3O3/c16-13-8-14(19-5-3-12-11(19)4-7-21-12)18-15(17-13)22-9-10-2-1-6-20-10/h8,10-12H,1-7,9H2/t10?,11-,12-/m1/s1. The molecule has 0 spiro atoms. The molecule has 1 unspecified atom stereocenters. The average molecular weight is 326 g/mol. The summed E-state index contributed by atoms with van der Waals surface area (Å²) in [6.07, 6.45) is 4.67. The number of halogens is 1. The number of aromatic nitrogens is 2. The van der Waals surface area contributed by atoms with E-state index in [1.807, 2.05) is 0 Å². The molecule has 0 amide bonds. The molecule has 3 fully saturated rings. The van der Waals surface area contributed by atoms with E-state index in [4.69, 9.17) is 25.8 Å². The van der Waals surface area contributed by atoms with E-state index in [0.717, 1.165) is 51.3 Å². The van der Waals surface area contributed by atoms with Crippen LogP contribution in [-0.4, -0.2) is 54.6 Å². The van der Waals surface area contributed by atoms with Gasteiger partial charge in [0.2, 0.25) is 0 Å². The normalized spacial score (nSPS) is 30.8. The number of hydrogen-bond acceptors (Lipinski definition) is 6. The van der Waals surface area contributed by atoms with E-state index in [9.17, 15) is 0 Å². The van der Waals surface area contributed by atoms with Crippen LogP contribution in [0.1, 0.15) is 25.7 Å². The smallest absolute Gasteiger partial charge is 0.319 e. The first-order valence-corrected chi connectivity index (χ1v) is 8.34. The molecule has 0 N–H and O–H groups in total. The van der Waals surface area contributed by atoms with Crippen LogP contribution in [0.2, 0.25) is 5.15 Å². The van der Waals surface area contributed by atoms with Gasteiger partial charge in [-0.15, -0.1) is 0 Å². The second-order valence-corrected chi connectivity index (χ2v) is 6.41. The summed E-state index contributed by atoms with van der Waals surface area (Å²) in [5.41, 5.74) is 0. The van der Waals surface area contributed by atoms with Crippen LogP contribution < -0.4 is 9.64 Å². The highest BCUT2D eigenvalue weighted by molar-refractivity contribution is 6.29. The van der Waals surface area contributed by atoms with Crippen LogP contribution in [-0.2, 0) is 9.47 Å². The Hall–Kier alpha value is -1.11. The summed E-state index contributed by atoms with van der Waals surface area (Å²) in [7, 11) is 0. The summed E-state index contributed by atoms with van der Waals surface area (Å²) in [4.78, 5) is 11.0. The number of anilines is 1. The Morgan fingerprint density at radius 1 is 1.23 bits per heavy atom. The van der Waals surface area contributed by atoms with Gasteiger partial charge < -0.3 is 19.1 Å². The maximum absolute atomic E-state index is 6.15. The predicted molar refractivity (Wildman–Crippen MR) is 81.6 cm³/mol. The zero-order valence-electron chi connectivity index (χ0n) is 12.4. The first-order valence-electron chi connectivity index (χ1n) is 7.97. The highest BCUT2D eigenvalue weighted by atomic mass is 35.5. The van der Waals surface area contributed by atoms with Gasteiger partial charge in [0.25, 0.3) is 0 Å². The molecule has 4 heterocycles. The zero-order valence-corrected chi connectivity index (χ0v) is 13.2. The highest BCUT2D eigenvalue weighted by Crippen LogP contribution is 2.33. The lowest BCUT2D eigenvalue weighted by Gasteiger charge is -2.24. The minimum atomic E-state index is 0.144. The molecule has 3 aliphatic heterocycles. The minimum Gasteiger partial charge on any atom is -0.461 e. The maximum atomic E-state index is 6.15. The summed E-state index contributed by atoms with van der Waals surface area (Å²) in [6, 6.07) is 2.54. The van der Waals surface area contributed by atoms with E-state index < -0.39 is 0 Å². The summed E-state index contributed by atoms with van der Waals surface area (Å²) in [5.74, 6) is 0.834. The van der Waals surface area contributed by atoms with Crippen LogP contribution >= 0.6 is 11.6 Å². The molecule has 3 atom stereocenters. The van der Waals surface area contributed by atoms with Gasteiger partial charge in [-0.1, -0.05) is 11.6 Å². The number of rotatable bonds is 4. The number of fused-ring (bicyclic) bond motifs is 1. The molecule has 0 radical (unpaired) electrons. The first kappa shape index (κ1) is 14.5. The van der Waals surface area contributed by atoms with Crippen molar-refractivity contribution in [2.24, 2.45) is 0 Å². The van der Waals surface area contributed by atoms with Crippen molar-refractivity contribution in [1.29, 1.82) is 0 Å². The summed E-state index contributed by atoms with van der Waals surface area (Å²) >= 11 is 6.15. The van der Waals surface area contributed by atoms with Crippen molar-refractivity contribution in [3.8, 4) is 6.01 Å². The molecule has 1 aromatic rings. The van der Waals surface area contributed by atoms with E-state index in [-0.39, 0.29) is 6.10 Å². The lowest BCUT2D eigenvalue weighted by Crippen LogP contribution is -2.32. The second kappa shape index (κ2) is 6.18. The molecule has 120 valence electrons. The van der Waals surface area contributed by atoms with Gasteiger partial charge in [0, 0.05) is 25.8 Å². The number of ether oxygens (including phenoxy) is 3. The number of hydrogen-bond donors (Lipinski definition) is 0. The Kier molecular flexibility index (Phi) is 4.07. The summed E-state index contributed by atoms with van der Waals surface area (Å²) in [6.45, 7) is 3.06.